The molecule has 2 N–H and O–H groups in total. The molecule has 0 atom stereocenters. The second kappa shape index (κ2) is 9.27. The number of hydrazine groups is 1. The summed E-state index contributed by atoms with van der Waals surface area (Å²) in [5.41, 5.74) is 5.41. The van der Waals surface area contributed by atoms with E-state index in [1.165, 1.54) is 6.20 Å². The van der Waals surface area contributed by atoms with Crippen molar-refractivity contribution in [1.82, 2.24) is 15.8 Å². The summed E-state index contributed by atoms with van der Waals surface area (Å²) in [6.45, 7) is 4.87. The summed E-state index contributed by atoms with van der Waals surface area (Å²) in [5, 5.41) is 0. The molecule has 0 aliphatic rings. The van der Waals surface area contributed by atoms with Gasteiger partial charge < -0.3 is 9.47 Å². The molecule has 0 aliphatic heterocycles. The maximum absolute atomic E-state index is 12.2. The largest absolute Gasteiger partial charge is 0.490 e. The van der Waals surface area contributed by atoms with Crippen LogP contribution in [0.25, 0.3) is 0 Å². The SMILES string of the molecule is CCCOc1ccc(C(=O)NNC(=O)c2cccnc2)cc1OCC. The molecule has 1 heterocycles. The Morgan fingerprint density at radius 2 is 1.76 bits per heavy atom. The van der Waals surface area contributed by atoms with Gasteiger partial charge >= 0.3 is 0 Å². The van der Waals surface area contributed by atoms with Crippen LogP contribution >= 0.6 is 0 Å². The van der Waals surface area contributed by atoms with Gasteiger partial charge in [-0.2, -0.15) is 0 Å². The van der Waals surface area contributed by atoms with Gasteiger partial charge in [-0.15, -0.1) is 0 Å². The Balaban J connectivity index is 2.03. The Kier molecular flexibility index (Phi) is 6.76. The van der Waals surface area contributed by atoms with E-state index in [9.17, 15) is 9.59 Å². The van der Waals surface area contributed by atoms with Crippen molar-refractivity contribution in [1.29, 1.82) is 0 Å². The first-order chi connectivity index (χ1) is 12.2. The fourth-order valence-electron chi connectivity index (χ4n) is 2.00. The number of rotatable bonds is 7. The van der Waals surface area contributed by atoms with Gasteiger partial charge in [0.25, 0.3) is 11.8 Å². The lowest BCUT2D eigenvalue weighted by molar-refractivity contribution is 0.0846. The van der Waals surface area contributed by atoms with Crippen molar-refractivity contribution in [3.05, 3.63) is 53.9 Å². The fourth-order valence-corrected chi connectivity index (χ4v) is 2.00. The molecule has 1 aromatic heterocycles. The van der Waals surface area contributed by atoms with Crippen LogP contribution in [0.4, 0.5) is 0 Å². The van der Waals surface area contributed by atoms with E-state index in [1.54, 1.807) is 36.5 Å². The van der Waals surface area contributed by atoms with Crippen molar-refractivity contribution in [3.63, 3.8) is 0 Å². The second-order valence-electron chi connectivity index (χ2n) is 5.09. The molecule has 0 radical (unpaired) electrons. The minimum atomic E-state index is -0.458. The van der Waals surface area contributed by atoms with E-state index in [-0.39, 0.29) is 0 Å². The summed E-state index contributed by atoms with van der Waals surface area (Å²) in [5.74, 6) is 0.163. The molecule has 0 fully saturated rings. The Morgan fingerprint density at radius 3 is 2.40 bits per heavy atom. The molecule has 0 unspecified atom stereocenters. The molecule has 1 aromatic carbocycles. The number of ether oxygens (including phenoxy) is 2. The summed E-state index contributed by atoms with van der Waals surface area (Å²) in [6, 6.07) is 8.11. The average Bonchev–Trinajstić information content (AvgIpc) is 2.65. The minimum Gasteiger partial charge on any atom is -0.490 e. The van der Waals surface area contributed by atoms with E-state index in [2.05, 4.69) is 15.8 Å². The zero-order valence-electron chi connectivity index (χ0n) is 14.2. The number of nitrogens with one attached hydrogen (secondary N) is 2. The first-order valence-corrected chi connectivity index (χ1v) is 8.06. The zero-order valence-corrected chi connectivity index (χ0v) is 14.2. The van der Waals surface area contributed by atoms with Gasteiger partial charge in [0.1, 0.15) is 0 Å². The summed E-state index contributed by atoms with van der Waals surface area (Å²) in [4.78, 5) is 28.0. The van der Waals surface area contributed by atoms with E-state index in [1.807, 2.05) is 13.8 Å². The number of carbonyl (C=O) groups is 2. The number of amides is 2. The highest BCUT2D eigenvalue weighted by atomic mass is 16.5. The van der Waals surface area contributed by atoms with Crippen LogP contribution in [0, 0.1) is 0 Å². The van der Waals surface area contributed by atoms with E-state index in [4.69, 9.17) is 9.47 Å². The predicted octanol–water partition coefficient (Wildman–Crippen LogP) is 2.34. The predicted molar refractivity (Wildman–Crippen MR) is 92.6 cm³/mol. The monoisotopic (exact) mass is 343 g/mol. The van der Waals surface area contributed by atoms with Crippen molar-refractivity contribution in [2.24, 2.45) is 0 Å². The van der Waals surface area contributed by atoms with Crippen LogP contribution < -0.4 is 20.3 Å². The molecule has 0 saturated heterocycles. The Morgan fingerprint density at radius 1 is 1.00 bits per heavy atom. The molecule has 7 heteroatoms. The van der Waals surface area contributed by atoms with Crippen LogP contribution in [0.2, 0.25) is 0 Å². The van der Waals surface area contributed by atoms with Crippen molar-refractivity contribution < 1.29 is 19.1 Å². The van der Waals surface area contributed by atoms with E-state index < -0.39 is 11.8 Å². The topological polar surface area (TPSA) is 89.6 Å². The lowest BCUT2D eigenvalue weighted by Gasteiger charge is -2.13. The molecule has 0 saturated carbocycles. The van der Waals surface area contributed by atoms with E-state index in [0.717, 1.165) is 6.42 Å². The molecule has 0 spiro atoms. The van der Waals surface area contributed by atoms with Crippen molar-refractivity contribution in [3.8, 4) is 11.5 Å². The molecule has 0 aliphatic carbocycles. The number of hydrogen-bond donors (Lipinski definition) is 2. The lowest BCUT2D eigenvalue weighted by atomic mass is 10.2. The van der Waals surface area contributed by atoms with Gasteiger partial charge in [-0.25, -0.2) is 0 Å². The molecule has 132 valence electrons. The Labute approximate surface area is 146 Å². The molecule has 0 bridgehead atoms. The molecule has 2 aromatic rings. The number of pyridine rings is 1. The summed E-state index contributed by atoms with van der Waals surface area (Å²) < 4.78 is 11.1. The molecule has 2 rings (SSSR count). The van der Waals surface area contributed by atoms with Crippen molar-refractivity contribution in [2.75, 3.05) is 13.2 Å². The average molecular weight is 343 g/mol. The van der Waals surface area contributed by atoms with Crippen molar-refractivity contribution >= 4 is 11.8 Å². The van der Waals surface area contributed by atoms with Crippen LogP contribution in [0.3, 0.4) is 0 Å². The normalized spacial score (nSPS) is 10.0. The van der Waals surface area contributed by atoms with Crippen LogP contribution in [0.15, 0.2) is 42.7 Å². The van der Waals surface area contributed by atoms with Gasteiger partial charge in [-0.05, 0) is 43.7 Å². The third-order valence-electron chi connectivity index (χ3n) is 3.18. The van der Waals surface area contributed by atoms with E-state index >= 15 is 0 Å². The maximum Gasteiger partial charge on any atom is 0.271 e. The molecule has 25 heavy (non-hydrogen) atoms. The summed E-state index contributed by atoms with van der Waals surface area (Å²) >= 11 is 0. The highest BCUT2D eigenvalue weighted by molar-refractivity contribution is 5.99. The number of aromatic nitrogens is 1. The maximum atomic E-state index is 12.2. The van der Waals surface area contributed by atoms with Gasteiger partial charge in [-0.3, -0.25) is 25.4 Å². The smallest absolute Gasteiger partial charge is 0.271 e. The minimum absolute atomic E-state index is 0.346. The first-order valence-electron chi connectivity index (χ1n) is 8.06. The number of benzene rings is 1. The van der Waals surface area contributed by atoms with E-state index in [0.29, 0.717) is 35.8 Å². The lowest BCUT2D eigenvalue weighted by Crippen LogP contribution is -2.41. The van der Waals surface area contributed by atoms with Crippen LogP contribution in [-0.2, 0) is 0 Å². The van der Waals surface area contributed by atoms with Gasteiger partial charge in [0.2, 0.25) is 0 Å². The molecule has 7 nitrogen and oxygen atoms in total. The highest BCUT2D eigenvalue weighted by Crippen LogP contribution is 2.28. The van der Waals surface area contributed by atoms with Gasteiger partial charge in [0.15, 0.2) is 11.5 Å². The standard InChI is InChI=1S/C18H21N3O4/c1-3-10-25-15-8-7-13(11-16(15)24-4-2)17(22)20-21-18(23)14-6-5-9-19-12-14/h5-9,11-12H,3-4,10H2,1-2H3,(H,20,22)(H,21,23). The van der Waals surface area contributed by atoms with Crippen LogP contribution in [0.1, 0.15) is 41.0 Å². The van der Waals surface area contributed by atoms with Crippen molar-refractivity contribution in [2.45, 2.75) is 20.3 Å². The first kappa shape index (κ1) is 18.3. The molecular weight excluding hydrogens is 322 g/mol. The highest BCUT2D eigenvalue weighted by Gasteiger charge is 2.13. The fraction of sp³-hybridized carbons (Fsp3) is 0.278. The zero-order chi connectivity index (χ0) is 18.1. The second-order valence-corrected chi connectivity index (χ2v) is 5.09. The Hall–Kier alpha value is -3.09. The number of hydrogen-bond acceptors (Lipinski definition) is 5. The Bertz CT molecular complexity index is 720. The molecule has 2 amide bonds. The van der Waals surface area contributed by atoms with Gasteiger partial charge in [0, 0.05) is 18.0 Å². The third-order valence-corrected chi connectivity index (χ3v) is 3.18. The van der Waals surface area contributed by atoms with Crippen LogP contribution in [-0.4, -0.2) is 30.0 Å². The third kappa shape index (κ3) is 5.20. The van der Waals surface area contributed by atoms with Crippen LogP contribution in [0.5, 0.6) is 11.5 Å². The molecular formula is C18H21N3O4. The summed E-state index contributed by atoms with van der Waals surface area (Å²) in [6.07, 6.45) is 3.84. The van der Waals surface area contributed by atoms with Gasteiger partial charge in [-0.1, -0.05) is 6.92 Å². The quantitative estimate of drug-likeness (QED) is 0.753. The van der Waals surface area contributed by atoms with Gasteiger partial charge in [0.05, 0.1) is 18.8 Å². The number of carbonyl (C=O) groups excluding carboxylic acids is 2. The summed E-state index contributed by atoms with van der Waals surface area (Å²) in [7, 11) is 0. The number of nitrogens with zero attached hydrogens (tertiary/aromatic N) is 1.